The molecule has 1 heterocycles. The zero-order valence-corrected chi connectivity index (χ0v) is 15.8. The number of thioether (sulfide) groups is 1. The van der Waals surface area contributed by atoms with E-state index in [2.05, 4.69) is 16.9 Å². The van der Waals surface area contributed by atoms with Crippen molar-refractivity contribution in [2.24, 2.45) is 0 Å². The average molecular weight is 371 g/mol. The highest BCUT2D eigenvalue weighted by Gasteiger charge is 2.08. The molecule has 0 amide bonds. The van der Waals surface area contributed by atoms with E-state index in [4.69, 9.17) is 16.3 Å². The van der Waals surface area contributed by atoms with Gasteiger partial charge < -0.3 is 4.74 Å². The number of nitrogens with zero attached hydrogens (tertiary/aromatic N) is 2. The van der Waals surface area contributed by atoms with Crippen LogP contribution in [-0.4, -0.2) is 9.97 Å². The summed E-state index contributed by atoms with van der Waals surface area (Å²) in [5, 5.41) is 1.46. The summed E-state index contributed by atoms with van der Waals surface area (Å²) in [6, 6.07) is 17.6. The monoisotopic (exact) mass is 370 g/mol. The lowest BCUT2D eigenvalue weighted by Crippen LogP contribution is -1.97. The van der Waals surface area contributed by atoms with E-state index >= 15 is 0 Å². The average Bonchev–Trinajstić information content (AvgIpc) is 2.61. The number of aryl methyl sites for hydroxylation is 2. The molecular formula is C20H19ClN2OS. The number of hydrogen-bond acceptors (Lipinski definition) is 4. The fourth-order valence-electron chi connectivity index (χ4n) is 2.30. The van der Waals surface area contributed by atoms with E-state index in [0.717, 1.165) is 39.8 Å². The summed E-state index contributed by atoms with van der Waals surface area (Å²) in [5.74, 6) is 2.07. The lowest BCUT2D eigenvalue weighted by molar-refractivity contribution is 0.453. The standard InChI is InChI=1S/C20H19ClN2OS/c1-3-16-12-19(24-17-9-6-7-14(2)11-17)23-20(22-16)25-13-15-8-4-5-10-18(15)21/h4-12H,3,13H2,1-2H3. The maximum absolute atomic E-state index is 6.22. The zero-order valence-electron chi connectivity index (χ0n) is 14.2. The van der Waals surface area contributed by atoms with Gasteiger partial charge in [0, 0.05) is 22.5 Å². The second-order valence-corrected chi connectivity index (χ2v) is 6.98. The minimum atomic E-state index is 0.569. The lowest BCUT2D eigenvalue weighted by atomic mass is 10.2. The third kappa shape index (κ3) is 4.97. The van der Waals surface area contributed by atoms with E-state index in [0.29, 0.717) is 11.0 Å². The van der Waals surface area contributed by atoms with Crippen molar-refractivity contribution in [2.75, 3.05) is 0 Å². The Morgan fingerprint density at radius 1 is 1.04 bits per heavy atom. The third-order valence-electron chi connectivity index (χ3n) is 3.62. The van der Waals surface area contributed by atoms with Crippen LogP contribution in [0.25, 0.3) is 0 Å². The quantitative estimate of drug-likeness (QED) is 0.388. The van der Waals surface area contributed by atoms with Crippen LogP contribution in [0.5, 0.6) is 11.6 Å². The second kappa shape index (κ2) is 8.37. The highest BCUT2D eigenvalue weighted by Crippen LogP contribution is 2.27. The highest BCUT2D eigenvalue weighted by atomic mass is 35.5. The Labute approximate surface area is 157 Å². The summed E-state index contributed by atoms with van der Waals surface area (Å²) >= 11 is 7.78. The Hall–Kier alpha value is -2.04. The Kier molecular flexibility index (Phi) is 5.95. The number of benzene rings is 2. The molecule has 0 aliphatic rings. The topological polar surface area (TPSA) is 35.0 Å². The van der Waals surface area contributed by atoms with Gasteiger partial charge in [-0.3, -0.25) is 0 Å². The molecule has 0 atom stereocenters. The summed E-state index contributed by atoms with van der Waals surface area (Å²) in [7, 11) is 0. The van der Waals surface area contributed by atoms with Crippen LogP contribution in [0.1, 0.15) is 23.7 Å². The normalized spacial score (nSPS) is 10.7. The van der Waals surface area contributed by atoms with Crippen LogP contribution in [0.15, 0.2) is 59.8 Å². The van der Waals surface area contributed by atoms with Crippen LogP contribution >= 0.6 is 23.4 Å². The number of hydrogen-bond donors (Lipinski definition) is 0. The van der Waals surface area contributed by atoms with Crippen molar-refractivity contribution in [1.82, 2.24) is 9.97 Å². The molecule has 0 saturated carbocycles. The lowest BCUT2D eigenvalue weighted by Gasteiger charge is -2.09. The summed E-state index contributed by atoms with van der Waals surface area (Å²) in [5.41, 5.74) is 3.18. The van der Waals surface area contributed by atoms with E-state index < -0.39 is 0 Å². The number of rotatable bonds is 6. The molecular weight excluding hydrogens is 352 g/mol. The molecule has 3 nitrogen and oxygen atoms in total. The van der Waals surface area contributed by atoms with Crippen molar-refractivity contribution in [3.8, 4) is 11.6 Å². The van der Waals surface area contributed by atoms with Crippen LogP contribution in [0.3, 0.4) is 0 Å². The van der Waals surface area contributed by atoms with Gasteiger partial charge in [0.2, 0.25) is 5.88 Å². The molecule has 3 aromatic rings. The molecule has 0 unspecified atom stereocenters. The van der Waals surface area contributed by atoms with Gasteiger partial charge in [0.1, 0.15) is 5.75 Å². The Balaban J connectivity index is 1.79. The second-order valence-electron chi connectivity index (χ2n) is 5.63. The van der Waals surface area contributed by atoms with E-state index in [9.17, 15) is 0 Å². The van der Waals surface area contributed by atoms with Gasteiger partial charge in [-0.15, -0.1) is 0 Å². The van der Waals surface area contributed by atoms with Gasteiger partial charge in [-0.1, -0.05) is 60.6 Å². The maximum atomic E-state index is 6.22. The van der Waals surface area contributed by atoms with Gasteiger partial charge in [0.25, 0.3) is 0 Å². The van der Waals surface area contributed by atoms with E-state index in [1.807, 2.05) is 61.5 Å². The van der Waals surface area contributed by atoms with Crippen molar-refractivity contribution in [3.05, 3.63) is 76.4 Å². The molecule has 3 rings (SSSR count). The van der Waals surface area contributed by atoms with Gasteiger partial charge in [0.05, 0.1) is 0 Å². The van der Waals surface area contributed by atoms with Gasteiger partial charge in [-0.25, -0.2) is 4.98 Å². The molecule has 0 fully saturated rings. The van der Waals surface area contributed by atoms with Crippen LogP contribution in [0.2, 0.25) is 5.02 Å². The van der Waals surface area contributed by atoms with E-state index in [1.54, 1.807) is 11.8 Å². The molecule has 0 aliphatic carbocycles. The molecule has 25 heavy (non-hydrogen) atoms. The fraction of sp³-hybridized carbons (Fsp3) is 0.200. The Bertz CT molecular complexity index is 870. The van der Waals surface area contributed by atoms with E-state index in [-0.39, 0.29) is 0 Å². The summed E-state index contributed by atoms with van der Waals surface area (Å²) in [6.07, 6.45) is 0.826. The number of aromatic nitrogens is 2. The van der Waals surface area contributed by atoms with Crippen molar-refractivity contribution < 1.29 is 4.74 Å². The van der Waals surface area contributed by atoms with E-state index in [1.165, 1.54) is 0 Å². The maximum Gasteiger partial charge on any atom is 0.223 e. The molecule has 0 N–H and O–H groups in total. The van der Waals surface area contributed by atoms with Crippen LogP contribution in [0, 0.1) is 6.92 Å². The first-order valence-corrected chi connectivity index (χ1v) is 9.49. The summed E-state index contributed by atoms with van der Waals surface area (Å²) in [4.78, 5) is 9.12. The van der Waals surface area contributed by atoms with Gasteiger partial charge in [-0.05, 0) is 42.7 Å². The van der Waals surface area contributed by atoms with Crippen molar-refractivity contribution in [2.45, 2.75) is 31.2 Å². The van der Waals surface area contributed by atoms with Crippen molar-refractivity contribution in [1.29, 1.82) is 0 Å². The molecule has 0 bridgehead atoms. The molecule has 0 spiro atoms. The minimum absolute atomic E-state index is 0.569. The van der Waals surface area contributed by atoms with Crippen molar-refractivity contribution >= 4 is 23.4 Å². The van der Waals surface area contributed by atoms with Gasteiger partial charge in [0.15, 0.2) is 5.16 Å². The Morgan fingerprint density at radius 3 is 2.64 bits per heavy atom. The fourth-order valence-corrected chi connectivity index (χ4v) is 3.46. The Morgan fingerprint density at radius 2 is 1.88 bits per heavy atom. The van der Waals surface area contributed by atoms with Crippen LogP contribution in [-0.2, 0) is 12.2 Å². The first kappa shape index (κ1) is 17.8. The smallest absolute Gasteiger partial charge is 0.223 e. The van der Waals surface area contributed by atoms with Gasteiger partial charge >= 0.3 is 0 Å². The van der Waals surface area contributed by atoms with Gasteiger partial charge in [-0.2, -0.15) is 4.98 Å². The van der Waals surface area contributed by atoms with Crippen molar-refractivity contribution in [3.63, 3.8) is 0 Å². The molecule has 0 saturated heterocycles. The predicted octanol–water partition coefficient (Wildman–Crippen LogP) is 6.09. The van der Waals surface area contributed by atoms with Crippen LogP contribution < -0.4 is 4.74 Å². The largest absolute Gasteiger partial charge is 0.439 e. The first-order chi connectivity index (χ1) is 12.1. The van der Waals surface area contributed by atoms with Crippen LogP contribution in [0.4, 0.5) is 0 Å². The summed E-state index contributed by atoms with van der Waals surface area (Å²) in [6.45, 7) is 4.11. The highest BCUT2D eigenvalue weighted by molar-refractivity contribution is 7.98. The molecule has 5 heteroatoms. The SMILES string of the molecule is CCc1cc(Oc2cccc(C)c2)nc(SCc2ccccc2Cl)n1. The minimum Gasteiger partial charge on any atom is -0.439 e. The third-order valence-corrected chi connectivity index (χ3v) is 4.89. The summed E-state index contributed by atoms with van der Waals surface area (Å²) < 4.78 is 5.93. The number of ether oxygens (including phenoxy) is 1. The molecule has 0 radical (unpaired) electrons. The predicted molar refractivity (Wildman–Crippen MR) is 104 cm³/mol. The zero-order chi connectivity index (χ0) is 17.6. The number of halogens is 1. The molecule has 128 valence electrons. The molecule has 1 aromatic heterocycles. The first-order valence-electron chi connectivity index (χ1n) is 8.12. The molecule has 0 aliphatic heterocycles. The molecule has 2 aromatic carbocycles.